The van der Waals surface area contributed by atoms with E-state index < -0.39 is 0 Å². The molecule has 3 heteroatoms. The maximum absolute atomic E-state index is 4.88. The average molecular weight is 285 g/mol. The Kier molecular flexibility index (Phi) is 4.59. The summed E-state index contributed by atoms with van der Waals surface area (Å²) in [6.45, 7) is 6.63. The van der Waals surface area contributed by atoms with Gasteiger partial charge in [0.1, 0.15) is 5.82 Å². The summed E-state index contributed by atoms with van der Waals surface area (Å²) in [6, 6.07) is 9.25. The number of hydrogen-bond donors (Lipinski definition) is 1. The van der Waals surface area contributed by atoms with E-state index in [4.69, 9.17) is 4.98 Å². The van der Waals surface area contributed by atoms with Crippen LogP contribution < -0.4 is 5.32 Å². The van der Waals surface area contributed by atoms with Crippen molar-refractivity contribution in [2.45, 2.75) is 58.5 Å². The van der Waals surface area contributed by atoms with Crippen molar-refractivity contribution < 1.29 is 0 Å². The van der Waals surface area contributed by atoms with Crippen LogP contribution in [-0.2, 0) is 13.0 Å². The number of benzene rings is 1. The minimum atomic E-state index is 0.731. The number of fused-ring (bicyclic) bond motifs is 1. The van der Waals surface area contributed by atoms with Crippen molar-refractivity contribution in [2.24, 2.45) is 5.92 Å². The van der Waals surface area contributed by atoms with Gasteiger partial charge in [-0.05, 0) is 57.2 Å². The van der Waals surface area contributed by atoms with E-state index in [0.29, 0.717) is 0 Å². The Bertz CT molecular complexity index is 587. The fourth-order valence-corrected chi connectivity index (χ4v) is 3.69. The molecule has 2 unspecified atom stereocenters. The van der Waals surface area contributed by atoms with Crippen LogP contribution in [0.25, 0.3) is 11.0 Å². The summed E-state index contributed by atoms with van der Waals surface area (Å²) in [5.41, 5.74) is 2.43. The molecule has 0 radical (unpaired) electrons. The lowest BCUT2D eigenvalue weighted by molar-refractivity contribution is 0.472. The highest BCUT2D eigenvalue weighted by molar-refractivity contribution is 5.75. The highest BCUT2D eigenvalue weighted by Gasteiger charge is 2.25. The summed E-state index contributed by atoms with van der Waals surface area (Å²) in [6.07, 6.45) is 6.35. The van der Waals surface area contributed by atoms with Crippen molar-refractivity contribution in [1.29, 1.82) is 0 Å². The van der Waals surface area contributed by atoms with Crippen LogP contribution in [0.4, 0.5) is 0 Å². The first-order chi connectivity index (χ1) is 10.3. The molecule has 1 fully saturated rings. The number of hydrogen-bond acceptors (Lipinski definition) is 2. The predicted octanol–water partition coefficient (Wildman–Crippen LogP) is 3.77. The molecular formula is C18H27N3. The van der Waals surface area contributed by atoms with Gasteiger partial charge >= 0.3 is 0 Å². The molecule has 2 aromatic rings. The quantitative estimate of drug-likeness (QED) is 0.875. The second-order valence-electron chi connectivity index (χ2n) is 6.30. The van der Waals surface area contributed by atoms with Crippen LogP contribution in [-0.4, -0.2) is 22.1 Å². The van der Waals surface area contributed by atoms with Crippen LogP contribution in [0, 0.1) is 5.92 Å². The van der Waals surface area contributed by atoms with Crippen LogP contribution in [0.5, 0.6) is 0 Å². The van der Waals surface area contributed by atoms with E-state index in [1.165, 1.54) is 37.0 Å². The van der Waals surface area contributed by atoms with Crippen LogP contribution in [0.1, 0.15) is 45.4 Å². The number of nitrogens with zero attached hydrogens (tertiary/aromatic N) is 2. The zero-order chi connectivity index (χ0) is 14.7. The second-order valence-corrected chi connectivity index (χ2v) is 6.30. The van der Waals surface area contributed by atoms with Crippen molar-refractivity contribution in [3.63, 3.8) is 0 Å². The first-order valence-electron chi connectivity index (χ1n) is 8.49. The Morgan fingerprint density at radius 3 is 2.90 bits per heavy atom. The molecule has 0 saturated heterocycles. The fourth-order valence-electron chi connectivity index (χ4n) is 3.69. The van der Waals surface area contributed by atoms with Crippen molar-refractivity contribution in [1.82, 2.24) is 14.9 Å². The third kappa shape index (κ3) is 3.13. The van der Waals surface area contributed by atoms with Gasteiger partial charge in [0.15, 0.2) is 0 Å². The minimum absolute atomic E-state index is 0.731. The largest absolute Gasteiger partial charge is 0.328 e. The lowest BCUT2D eigenvalue weighted by Gasteiger charge is -2.13. The van der Waals surface area contributed by atoms with Crippen molar-refractivity contribution in [3.8, 4) is 0 Å². The maximum atomic E-state index is 4.88. The Hall–Kier alpha value is -1.35. The number of aromatic nitrogens is 2. The third-order valence-corrected chi connectivity index (χ3v) is 4.75. The average Bonchev–Trinajstić information content (AvgIpc) is 3.09. The highest BCUT2D eigenvalue weighted by atomic mass is 15.1. The molecule has 21 heavy (non-hydrogen) atoms. The third-order valence-electron chi connectivity index (χ3n) is 4.75. The standard InChI is InChI=1S/C18H27N3/c1-3-11-19-15-10-9-14(12-15)13-18-20-16-7-5-6-8-17(16)21(18)4-2/h5-8,14-15,19H,3-4,9-13H2,1-2H3. The maximum Gasteiger partial charge on any atom is 0.110 e. The molecule has 0 bridgehead atoms. The number of aryl methyl sites for hydroxylation is 1. The van der Waals surface area contributed by atoms with Gasteiger partial charge in [0, 0.05) is 19.0 Å². The molecule has 2 atom stereocenters. The molecule has 1 aromatic carbocycles. The van der Waals surface area contributed by atoms with E-state index in [1.54, 1.807) is 0 Å². The van der Waals surface area contributed by atoms with E-state index in [-0.39, 0.29) is 0 Å². The summed E-state index contributed by atoms with van der Waals surface area (Å²) >= 11 is 0. The molecule has 0 amide bonds. The predicted molar refractivity (Wildman–Crippen MR) is 88.5 cm³/mol. The summed E-state index contributed by atoms with van der Waals surface area (Å²) in [5, 5.41) is 3.68. The fraction of sp³-hybridized carbons (Fsp3) is 0.611. The van der Waals surface area contributed by atoms with Crippen molar-refractivity contribution in [2.75, 3.05) is 6.54 Å². The summed E-state index contributed by atoms with van der Waals surface area (Å²) in [5.74, 6) is 2.07. The van der Waals surface area contributed by atoms with E-state index >= 15 is 0 Å². The second kappa shape index (κ2) is 6.61. The van der Waals surface area contributed by atoms with Gasteiger partial charge in [-0.1, -0.05) is 19.1 Å². The van der Waals surface area contributed by atoms with Gasteiger partial charge in [0.2, 0.25) is 0 Å². The molecule has 1 saturated carbocycles. The Morgan fingerprint density at radius 2 is 2.10 bits per heavy atom. The topological polar surface area (TPSA) is 29.9 Å². The monoisotopic (exact) mass is 285 g/mol. The SMILES string of the molecule is CCCNC1CCC(Cc2nc3ccccc3n2CC)C1. The molecule has 0 aliphatic heterocycles. The zero-order valence-corrected chi connectivity index (χ0v) is 13.3. The zero-order valence-electron chi connectivity index (χ0n) is 13.3. The number of rotatable bonds is 6. The van der Waals surface area contributed by atoms with Gasteiger partial charge < -0.3 is 9.88 Å². The molecule has 0 spiro atoms. The Balaban J connectivity index is 1.71. The first-order valence-corrected chi connectivity index (χ1v) is 8.49. The van der Waals surface area contributed by atoms with Gasteiger partial charge in [-0.3, -0.25) is 0 Å². The summed E-state index contributed by atoms with van der Waals surface area (Å²) in [4.78, 5) is 4.88. The van der Waals surface area contributed by atoms with Crippen LogP contribution >= 0.6 is 0 Å². The first kappa shape index (κ1) is 14.6. The van der Waals surface area contributed by atoms with Crippen LogP contribution in [0.2, 0.25) is 0 Å². The summed E-state index contributed by atoms with van der Waals surface area (Å²) < 4.78 is 2.39. The molecule has 3 rings (SSSR count). The van der Waals surface area contributed by atoms with E-state index in [1.807, 2.05) is 0 Å². The van der Waals surface area contributed by atoms with Crippen molar-refractivity contribution >= 4 is 11.0 Å². The minimum Gasteiger partial charge on any atom is -0.328 e. The van der Waals surface area contributed by atoms with E-state index in [9.17, 15) is 0 Å². The smallest absolute Gasteiger partial charge is 0.110 e. The van der Waals surface area contributed by atoms with Gasteiger partial charge in [-0.2, -0.15) is 0 Å². The van der Waals surface area contributed by atoms with Gasteiger partial charge in [-0.25, -0.2) is 4.98 Å². The van der Waals surface area contributed by atoms with Crippen LogP contribution in [0.15, 0.2) is 24.3 Å². The van der Waals surface area contributed by atoms with Gasteiger partial charge in [0.25, 0.3) is 0 Å². The van der Waals surface area contributed by atoms with Crippen LogP contribution in [0.3, 0.4) is 0 Å². The molecule has 1 aliphatic carbocycles. The normalized spacial score (nSPS) is 22.2. The van der Waals surface area contributed by atoms with Crippen molar-refractivity contribution in [3.05, 3.63) is 30.1 Å². The molecular weight excluding hydrogens is 258 g/mol. The molecule has 1 aromatic heterocycles. The summed E-state index contributed by atoms with van der Waals surface area (Å²) in [7, 11) is 0. The Morgan fingerprint density at radius 1 is 1.24 bits per heavy atom. The van der Waals surface area contributed by atoms with E-state index in [0.717, 1.165) is 37.0 Å². The number of imidazole rings is 1. The Labute approximate surface area is 127 Å². The lowest BCUT2D eigenvalue weighted by Crippen LogP contribution is -2.27. The van der Waals surface area contributed by atoms with Gasteiger partial charge in [-0.15, -0.1) is 0 Å². The molecule has 1 N–H and O–H groups in total. The lowest BCUT2D eigenvalue weighted by atomic mass is 10.0. The number of para-hydroxylation sites is 2. The molecule has 1 aliphatic rings. The highest BCUT2D eigenvalue weighted by Crippen LogP contribution is 2.29. The van der Waals surface area contributed by atoms with E-state index in [2.05, 4.69) is 48.0 Å². The molecule has 114 valence electrons. The number of nitrogens with one attached hydrogen (secondary N) is 1. The van der Waals surface area contributed by atoms with Gasteiger partial charge in [0.05, 0.1) is 11.0 Å². The molecule has 3 nitrogen and oxygen atoms in total. The molecule has 1 heterocycles.